The molecule has 1 amide bonds. The highest BCUT2D eigenvalue weighted by Crippen LogP contribution is 2.43. The van der Waals surface area contributed by atoms with Crippen molar-refractivity contribution < 1.29 is 19.0 Å². The SMILES string of the molecule is COc1cc(-c2nccn2CC2CCC(=O)N2)cc2c1OCO2. The number of rotatable bonds is 4. The van der Waals surface area contributed by atoms with Gasteiger partial charge in [0.05, 0.1) is 7.11 Å². The minimum absolute atomic E-state index is 0.112. The number of hydrogen-bond donors (Lipinski definition) is 1. The van der Waals surface area contributed by atoms with Crippen LogP contribution < -0.4 is 19.5 Å². The Bertz CT molecular complexity index is 756. The summed E-state index contributed by atoms with van der Waals surface area (Å²) in [6.07, 6.45) is 5.10. The summed E-state index contributed by atoms with van der Waals surface area (Å²) in [4.78, 5) is 15.8. The van der Waals surface area contributed by atoms with E-state index < -0.39 is 0 Å². The molecule has 4 rings (SSSR count). The number of carbonyl (C=O) groups excluding carboxylic acids is 1. The lowest BCUT2D eigenvalue weighted by Gasteiger charge is -2.14. The summed E-state index contributed by atoms with van der Waals surface area (Å²) in [5, 5.41) is 2.98. The molecule has 0 aliphatic carbocycles. The Morgan fingerprint density at radius 1 is 1.43 bits per heavy atom. The summed E-state index contributed by atoms with van der Waals surface area (Å²) in [6, 6.07) is 3.93. The van der Waals surface area contributed by atoms with Crippen LogP contribution in [0.1, 0.15) is 12.8 Å². The molecule has 0 radical (unpaired) electrons. The molecule has 2 aliphatic rings. The lowest BCUT2D eigenvalue weighted by Crippen LogP contribution is -2.29. The first kappa shape index (κ1) is 13.9. The number of nitrogens with zero attached hydrogens (tertiary/aromatic N) is 2. The molecule has 7 heteroatoms. The minimum atomic E-state index is 0.112. The highest BCUT2D eigenvalue weighted by atomic mass is 16.7. The third-order valence-electron chi connectivity index (χ3n) is 4.13. The van der Waals surface area contributed by atoms with Gasteiger partial charge in [-0.2, -0.15) is 0 Å². The Morgan fingerprint density at radius 2 is 2.35 bits per heavy atom. The van der Waals surface area contributed by atoms with Crippen LogP contribution in [0, 0.1) is 0 Å². The van der Waals surface area contributed by atoms with Gasteiger partial charge in [-0.05, 0) is 18.6 Å². The van der Waals surface area contributed by atoms with Crippen LogP contribution in [-0.4, -0.2) is 35.4 Å². The molecule has 7 nitrogen and oxygen atoms in total. The molecule has 120 valence electrons. The number of amides is 1. The van der Waals surface area contributed by atoms with Gasteiger partial charge in [-0.1, -0.05) is 0 Å². The van der Waals surface area contributed by atoms with Crippen molar-refractivity contribution in [3.63, 3.8) is 0 Å². The van der Waals surface area contributed by atoms with Crippen molar-refractivity contribution in [2.75, 3.05) is 13.9 Å². The maximum atomic E-state index is 11.4. The van der Waals surface area contributed by atoms with Gasteiger partial charge in [-0.15, -0.1) is 0 Å². The van der Waals surface area contributed by atoms with Crippen molar-refractivity contribution in [3.05, 3.63) is 24.5 Å². The van der Waals surface area contributed by atoms with E-state index in [1.807, 2.05) is 22.9 Å². The van der Waals surface area contributed by atoms with E-state index in [0.29, 0.717) is 30.2 Å². The number of ether oxygens (including phenoxy) is 3. The van der Waals surface area contributed by atoms with Crippen LogP contribution in [0.5, 0.6) is 17.2 Å². The van der Waals surface area contributed by atoms with Crippen LogP contribution in [0.4, 0.5) is 0 Å². The topological polar surface area (TPSA) is 74.6 Å². The van der Waals surface area contributed by atoms with Crippen molar-refractivity contribution in [2.24, 2.45) is 0 Å². The number of hydrogen-bond acceptors (Lipinski definition) is 5. The summed E-state index contributed by atoms with van der Waals surface area (Å²) in [5.74, 6) is 2.82. The number of carbonyl (C=O) groups is 1. The van der Waals surface area contributed by atoms with Gasteiger partial charge in [-0.3, -0.25) is 4.79 Å². The minimum Gasteiger partial charge on any atom is -0.493 e. The number of nitrogens with one attached hydrogen (secondary N) is 1. The Hall–Kier alpha value is -2.70. The van der Waals surface area contributed by atoms with Gasteiger partial charge in [0.1, 0.15) is 5.82 Å². The quantitative estimate of drug-likeness (QED) is 0.927. The van der Waals surface area contributed by atoms with Gasteiger partial charge in [0, 0.05) is 37.0 Å². The maximum absolute atomic E-state index is 11.4. The molecule has 0 bridgehead atoms. The van der Waals surface area contributed by atoms with Gasteiger partial charge >= 0.3 is 0 Å². The average Bonchev–Trinajstić information content (AvgIpc) is 3.27. The second kappa shape index (κ2) is 5.49. The van der Waals surface area contributed by atoms with Crippen LogP contribution >= 0.6 is 0 Å². The van der Waals surface area contributed by atoms with E-state index >= 15 is 0 Å². The smallest absolute Gasteiger partial charge is 0.231 e. The van der Waals surface area contributed by atoms with Gasteiger partial charge in [0.2, 0.25) is 18.4 Å². The highest BCUT2D eigenvalue weighted by Gasteiger charge is 2.24. The molecule has 23 heavy (non-hydrogen) atoms. The molecule has 1 N–H and O–H groups in total. The fraction of sp³-hybridized carbons (Fsp3) is 0.375. The zero-order valence-electron chi connectivity index (χ0n) is 12.7. The molecule has 1 unspecified atom stereocenters. The predicted octanol–water partition coefficient (Wildman–Crippen LogP) is 1.57. The van der Waals surface area contributed by atoms with E-state index in [1.54, 1.807) is 13.3 Å². The van der Waals surface area contributed by atoms with Crippen LogP contribution in [0.2, 0.25) is 0 Å². The first-order valence-electron chi connectivity index (χ1n) is 7.53. The number of methoxy groups -OCH3 is 1. The summed E-state index contributed by atoms with van der Waals surface area (Å²) in [7, 11) is 1.60. The largest absolute Gasteiger partial charge is 0.493 e. The lowest BCUT2D eigenvalue weighted by atomic mass is 10.1. The average molecular weight is 315 g/mol. The van der Waals surface area contributed by atoms with Crippen LogP contribution in [0.25, 0.3) is 11.4 Å². The Labute approximate surface area is 133 Å². The summed E-state index contributed by atoms with van der Waals surface area (Å²) < 4.78 is 18.3. The van der Waals surface area contributed by atoms with Crippen molar-refractivity contribution in [1.82, 2.24) is 14.9 Å². The number of imidazole rings is 1. The third-order valence-corrected chi connectivity index (χ3v) is 4.13. The Morgan fingerprint density at radius 3 is 3.13 bits per heavy atom. The molecule has 3 heterocycles. The first-order valence-corrected chi connectivity index (χ1v) is 7.53. The molecule has 2 aliphatic heterocycles. The maximum Gasteiger partial charge on any atom is 0.231 e. The summed E-state index contributed by atoms with van der Waals surface area (Å²) in [6.45, 7) is 0.884. The van der Waals surface area contributed by atoms with Gasteiger partial charge < -0.3 is 24.1 Å². The zero-order chi connectivity index (χ0) is 15.8. The standard InChI is InChI=1S/C16H17N3O4/c1-21-12-6-10(7-13-15(12)23-9-22-13)16-17-4-5-19(16)8-11-2-3-14(20)18-11/h4-7,11H,2-3,8-9H2,1H3,(H,18,20). The van der Waals surface area contributed by atoms with Crippen LogP contribution in [0.15, 0.2) is 24.5 Å². The molecule has 1 fully saturated rings. The highest BCUT2D eigenvalue weighted by molar-refractivity contribution is 5.78. The number of fused-ring (bicyclic) bond motifs is 1. The molecule has 0 saturated carbocycles. The lowest BCUT2D eigenvalue weighted by molar-refractivity contribution is -0.119. The predicted molar refractivity (Wildman–Crippen MR) is 81.5 cm³/mol. The van der Waals surface area contributed by atoms with Crippen molar-refractivity contribution in [3.8, 4) is 28.6 Å². The van der Waals surface area contributed by atoms with Gasteiger partial charge in [0.15, 0.2) is 11.5 Å². The normalized spacial score (nSPS) is 19.0. The van der Waals surface area contributed by atoms with E-state index in [9.17, 15) is 4.79 Å². The van der Waals surface area contributed by atoms with E-state index in [0.717, 1.165) is 17.8 Å². The molecular weight excluding hydrogens is 298 g/mol. The van der Waals surface area contributed by atoms with E-state index in [4.69, 9.17) is 14.2 Å². The van der Waals surface area contributed by atoms with Crippen molar-refractivity contribution >= 4 is 5.91 Å². The van der Waals surface area contributed by atoms with E-state index in [1.165, 1.54) is 0 Å². The zero-order valence-corrected chi connectivity index (χ0v) is 12.7. The number of aromatic nitrogens is 2. The molecule has 0 spiro atoms. The molecule has 1 saturated heterocycles. The summed E-state index contributed by atoms with van der Waals surface area (Å²) >= 11 is 0. The second-order valence-electron chi connectivity index (χ2n) is 5.62. The fourth-order valence-electron chi connectivity index (χ4n) is 3.03. The molecule has 1 atom stereocenters. The Kier molecular flexibility index (Phi) is 3.33. The van der Waals surface area contributed by atoms with Crippen LogP contribution in [-0.2, 0) is 11.3 Å². The summed E-state index contributed by atoms with van der Waals surface area (Å²) in [5.41, 5.74) is 0.889. The van der Waals surface area contributed by atoms with Crippen LogP contribution in [0.3, 0.4) is 0 Å². The van der Waals surface area contributed by atoms with Crippen molar-refractivity contribution in [2.45, 2.75) is 25.4 Å². The fourth-order valence-corrected chi connectivity index (χ4v) is 3.03. The van der Waals surface area contributed by atoms with Crippen molar-refractivity contribution in [1.29, 1.82) is 0 Å². The monoisotopic (exact) mass is 315 g/mol. The third kappa shape index (κ3) is 2.48. The second-order valence-corrected chi connectivity index (χ2v) is 5.62. The number of benzene rings is 1. The van der Waals surface area contributed by atoms with E-state index in [-0.39, 0.29) is 18.7 Å². The molecule has 1 aromatic carbocycles. The molecular formula is C16H17N3O4. The van der Waals surface area contributed by atoms with Gasteiger partial charge in [-0.25, -0.2) is 4.98 Å². The van der Waals surface area contributed by atoms with E-state index in [2.05, 4.69) is 10.3 Å². The first-order chi connectivity index (χ1) is 11.2. The Balaban J connectivity index is 1.66. The molecule has 1 aromatic heterocycles. The van der Waals surface area contributed by atoms with Gasteiger partial charge in [0.25, 0.3) is 0 Å². The molecule has 2 aromatic rings.